The van der Waals surface area contributed by atoms with Gasteiger partial charge in [-0.3, -0.25) is 0 Å². The van der Waals surface area contributed by atoms with E-state index in [-0.39, 0.29) is 17.9 Å². The van der Waals surface area contributed by atoms with Gasteiger partial charge in [-0.2, -0.15) is 0 Å². The molecule has 1 aromatic heterocycles. The standard InChI is InChI=1S/C13H12FNO3/c1-2-17-13(16)9-6-8(7-10(14)12(9)15)11-4-3-5-18-11/h3-7H,2,15H2,1H3. The first-order chi connectivity index (χ1) is 8.63. The maximum atomic E-state index is 13.7. The molecule has 94 valence electrons. The molecule has 2 rings (SSSR count). The van der Waals surface area contributed by atoms with Crippen molar-refractivity contribution in [3.8, 4) is 11.3 Å². The van der Waals surface area contributed by atoms with Gasteiger partial charge in [0.25, 0.3) is 0 Å². The van der Waals surface area contributed by atoms with E-state index < -0.39 is 11.8 Å². The number of furan rings is 1. The monoisotopic (exact) mass is 249 g/mol. The van der Waals surface area contributed by atoms with Gasteiger partial charge in [0.15, 0.2) is 0 Å². The third kappa shape index (κ3) is 2.20. The van der Waals surface area contributed by atoms with Crippen molar-refractivity contribution >= 4 is 11.7 Å². The summed E-state index contributed by atoms with van der Waals surface area (Å²) in [6.07, 6.45) is 1.47. The molecule has 2 N–H and O–H groups in total. The molecular weight excluding hydrogens is 237 g/mol. The van der Waals surface area contributed by atoms with Crippen LogP contribution in [0.25, 0.3) is 11.3 Å². The number of halogens is 1. The van der Waals surface area contributed by atoms with E-state index in [1.54, 1.807) is 19.1 Å². The molecule has 0 aliphatic rings. The minimum atomic E-state index is -0.674. The molecule has 0 saturated heterocycles. The van der Waals surface area contributed by atoms with Crippen molar-refractivity contribution in [2.24, 2.45) is 0 Å². The third-order valence-electron chi connectivity index (χ3n) is 2.43. The van der Waals surface area contributed by atoms with Crippen LogP contribution in [0.2, 0.25) is 0 Å². The number of hydrogen-bond donors (Lipinski definition) is 1. The van der Waals surface area contributed by atoms with Gasteiger partial charge in [0.1, 0.15) is 11.6 Å². The molecule has 0 saturated carbocycles. The number of hydrogen-bond acceptors (Lipinski definition) is 4. The summed E-state index contributed by atoms with van der Waals surface area (Å²) in [5.41, 5.74) is 5.75. The molecule has 0 atom stereocenters. The number of rotatable bonds is 3. The third-order valence-corrected chi connectivity index (χ3v) is 2.43. The molecular formula is C13H12FNO3. The van der Waals surface area contributed by atoms with Gasteiger partial charge < -0.3 is 14.9 Å². The average Bonchev–Trinajstić information content (AvgIpc) is 2.86. The van der Waals surface area contributed by atoms with E-state index >= 15 is 0 Å². The summed E-state index contributed by atoms with van der Waals surface area (Å²) in [7, 11) is 0. The number of ether oxygens (including phenoxy) is 1. The van der Waals surface area contributed by atoms with E-state index in [1.807, 2.05) is 0 Å². The molecule has 0 aliphatic carbocycles. The lowest BCUT2D eigenvalue weighted by atomic mass is 10.1. The van der Waals surface area contributed by atoms with Crippen LogP contribution < -0.4 is 5.73 Å². The number of nitrogens with two attached hydrogens (primary N) is 1. The first-order valence-corrected chi connectivity index (χ1v) is 5.43. The van der Waals surface area contributed by atoms with Crippen molar-refractivity contribution in [2.75, 3.05) is 12.3 Å². The minimum absolute atomic E-state index is 0.00301. The first kappa shape index (κ1) is 12.2. The predicted octanol–water partition coefficient (Wildman–Crippen LogP) is 2.84. The second kappa shape index (κ2) is 4.91. The van der Waals surface area contributed by atoms with Crippen LogP contribution in [0.1, 0.15) is 17.3 Å². The zero-order chi connectivity index (χ0) is 13.1. The summed E-state index contributed by atoms with van der Waals surface area (Å²) < 4.78 is 23.6. The Labute approximate surface area is 103 Å². The molecule has 0 fully saturated rings. The summed E-state index contributed by atoms with van der Waals surface area (Å²) in [6, 6.07) is 6.01. The Morgan fingerprint density at radius 3 is 2.89 bits per heavy atom. The second-order valence-electron chi connectivity index (χ2n) is 3.62. The molecule has 4 nitrogen and oxygen atoms in total. The Kier molecular flexibility index (Phi) is 3.32. The average molecular weight is 249 g/mol. The number of nitrogen functional groups attached to an aromatic ring is 1. The Bertz CT molecular complexity index is 564. The van der Waals surface area contributed by atoms with Crippen LogP contribution in [0, 0.1) is 5.82 Å². The maximum absolute atomic E-state index is 13.7. The Balaban J connectivity index is 2.50. The van der Waals surface area contributed by atoms with Crippen LogP contribution in [0.5, 0.6) is 0 Å². The number of carbonyl (C=O) groups excluding carboxylic acids is 1. The molecule has 1 heterocycles. The van der Waals surface area contributed by atoms with Gasteiger partial charge >= 0.3 is 5.97 Å². The fraction of sp³-hybridized carbons (Fsp3) is 0.154. The van der Waals surface area contributed by atoms with Gasteiger partial charge in [0, 0.05) is 5.56 Å². The lowest BCUT2D eigenvalue weighted by Crippen LogP contribution is -2.09. The second-order valence-corrected chi connectivity index (χ2v) is 3.62. The molecule has 0 amide bonds. The van der Waals surface area contributed by atoms with Gasteiger partial charge in [0.2, 0.25) is 0 Å². The van der Waals surface area contributed by atoms with Crippen LogP contribution in [0.15, 0.2) is 34.9 Å². The zero-order valence-electron chi connectivity index (χ0n) is 9.77. The van der Waals surface area contributed by atoms with Crippen molar-refractivity contribution in [3.63, 3.8) is 0 Å². The summed E-state index contributed by atoms with van der Waals surface area (Å²) in [6.45, 7) is 1.87. The van der Waals surface area contributed by atoms with E-state index in [4.69, 9.17) is 14.9 Å². The SMILES string of the molecule is CCOC(=O)c1cc(-c2ccco2)cc(F)c1N. The first-order valence-electron chi connectivity index (χ1n) is 5.43. The molecule has 0 radical (unpaired) electrons. The van der Waals surface area contributed by atoms with Gasteiger partial charge in [-0.05, 0) is 31.2 Å². The topological polar surface area (TPSA) is 65.5 Å². The van der Waals surface area contributed by atoms with E-state index in [9.17, 15) is 9.18 Å². The quantitative estimate of drug-likeness (QED) is 0.671. The van der Waals surface area contributed by atoms with E-state index in [0.29, 0.717) is 11.3 Å². The fourth-order valence-corrected chi connectivity index (χ4v) is 1.58. The summed E-state index contributed by atoms with van der Waals surface area (Å²) >= 11 is 0. The Hall–Kier alpha value is -2.30. The van der Waals surface area contributed by atoms with E-state index in [2.05, 4.69) is 0 Å². The van der Waals surface area contributed by atoms with Crippen LogP contribution in [-0.2, 0) is 4.74 Å². The summed E-state index contributed by atoms with van der Waals surface area (Å²) in [5.74, 6) is -0.867. The highest BCUT2D eigenvalue weighted by Gasteiger charge is 2.17. The Morgan fingerprint density at radius 2 is 2.28 bits per heavy atom. The number of benzene rings is 1. The van der Waals surface area contributed by atoms with Crippen molar-refractivity contribution in [1.29, 1.82) is 0 Å². The highest BCUT2D eigenvalue weighted by molar-refractivity contribution is 5.96. The molecule has 2 aromatic rings. The molecule has 1 aromatic carbocycles. The minimum Gasteiger partial charge on any atom is -0.464 e. The molecule has 5 heteroatoms. The fourth-order valence-electron chi connectivity index (χ4n) is 1.58. The van der Waals surface area contributed by atoms with Crippen LogP contribution in [0.4, 0.5) is 10.1 Å². The summed E-state index contributed by atoms with van der Waals surface area (Å²) in [5, 5.41) is 0. The number of anilines is 1. The van der Waals surface area contributed by atoms with Crippen molar-refractivity contribution < 1.29 is 18.3 Å². The highest BCUT2D eigenvalue weighted by Crippen LogP contribution is 2.27. The van der Waals surface area contributed by atoms with Gasteiger partial charge in [-0.1, -0.05) is 0 Å². The maximum Gasteiger partial charge on any atom is 0.340 e. The van der Waals surface area contributed by atoms with Crippen molar-refractivity contribution in [1.82, 2.24) is 0 Å². The van der Waals surface area contributed by atoms with E-state index in [1.165, 1.54) is 18.4 Å². The molecule has 0 aliphatic heterocycles. The van der Waals surface area contributed by atoms with Crippen LogP contribution in [0.3, 0.4) is 0 Å². The molecule has 18 heavy (non-hydrogen) atoms. The smallest absolute Gasteiger partial charge is 0.340 e. The highest BCUT2D eigenvalue weighted by atomic mass is 19.1. The van der Waals surface area contributed by atoms with Crippen molar-refractivity contribution in [2.45, 2.75) is 6.92 Å². The van der Waals surface area contributed by atoms with E-state index in [0.717, 1.165) is 0 Å². The molecule has 0 spiro atoms. The van der Waals surface area contributed by atoms with Crippen molar-refractivity contribution in [3.05, 3.63) is 41.9 Å². The number of carbonyl (C=O) groups is 1. The van der Waals surface area contributed by atoms with Gasteiger partial charge in [-0.15, -0.1) is 0 Å². The lowest BCUT2D eigenvalue weighted by molar-refractivity contribution is 0.0527. The Morgan fingerprint density at radius 1 is 1.50 bits per heavy atom. The number of esters is 1. The van der Waals surface area contributed by atoms with Gasteiger partial charge in [0.05, 0.1) is 24.1 Å². The van der Waals surface area contributed by atoms with Gasteiger partial charge in [-0.25, -0.2) is 9.18 Å². The predicted molar refractivity (Wildman–Crippen MR) is 64.5 cm³/mol. The van der Waals surface area contributed by atoms with Crippen LogP contribution in [-0.4, -0.2) is 12.6 Å². The largest absolute Gasteiger partial charge is 0.464 e. The normalized spacial score (nSPS) is 10.3. The van der Waals surface area contributed by atoms with Crippen LogP contribution >= 0.6 is 0 Å². The molecule has 0 bridgehead atoms. The molecule has 0 unspecified atom stereocenters. The lowest BCUT2D eigenvalue weighted by Gasteiger charge is -2.08. The summed E-state index contributed by atoms with van der Waals surface area (Å²) in [4.78, 5) is 11.6. The zero-order valence-corrected chi connectivity index (χ0v) is 9.77.